The molecule has 1 aromatic carbocycles. The number of hydrogen-bond donors (Lipinski definition) is 2. The summed E-state index contributed by atoms with van der Waals surface area (Å²) in [5.41, 5.74) is 2.30. The number of halogens is 1. The third-order valence-corrected chi connectivity index (χ3v) is 4.07. The van der Waals surface area contributed by atoms with Crippen molar-refractivity contribution in [2.75, 3.05) is 13.2 Å². The molecule has 0 aliphatic rings. The summed E-state index contributed by atoms with van der Waals surface area (Å²) >= 11 is 3.57. The van der Waals surface area contributed by atoms with Gasteiger partial charge in [-0.1, -0.05) is 40.9 Å². The van der Waals surface area contributed by atoms with E-state index in [0.717, 1.165) is 47.7 Å². The molecule has 2 aromatic rings. The molecule has 0 amide bonds. The quantitative estimate of drug-likeness (QED) is 0.723. The standard InChI is InChI=1S/C16H21BrN2O/c17-15-8-7-13(16-14(15)6-5-10-19-16)12-18-9-3-1-2-4-11-20/h5-8,10,18,20H,1-4,9,11-12H2. The normalized spacial score (nSPS) is 11.1. The van der Waals surface area contributed by atoms with Crippen LogP contribution in [0, 0.1) is 0 Å². The van der Waals surface area contributed by atoms with Crippen LogP contribution in [-0.4, -0.2) is 23.2 Å². The van der Waals surface area contributed by atoms with Crippen LogP contribution in [0.5, 0.6) is 0 Å². The van der Waals surface area contributed by atoms with Gasteiger partial charge in [-0.25, -0.2) is 0 Å². The zero-order chi connectivity index (χ0) is 14.2. The lowest BCUT2D eigenvalue weighted by atomic mass is 10.1. The molecule has 0 radical (unpaired) electrons. The summed E-state index contributed by atoms with van der Waals surface area (Å²) in [7, 11) is 0. The van der Waals surface area contributed by atoms with E-state index in [4.69, 9.17) is 5.11 Å². The number of nitrogens with zero attached hydrogens (tertiary/aromatic N) is 1. The fraction of sp³-hybridized carbons (Fsp3) is 0.438. The molecule has 2 rings (SSSR count). The summed E-state index contributed by atoms with van der Waals surface area (Å²) in [5, 5.41) is 13.3. The molecular formula is C16H21BrN2O. The van der Waals surface area contributed by atoms with Crippen LogP contribution >= 0.6 is 15.9 Å². The Balaban J connectivity index is 1.86. The van der Waals surface area contributed by atoms with E-state index in [9.17, 15) is 0 Å². The third-order valence-electron chi connectivity index (χ3n) is 3.38. The number of hydrogen-bond acceptors (Lipinski definition) is 3. The largest absolute Gasteiger partial charge is 0.396 e. The van der Waals surface area contributed by atoms with Gasteiger partial charge in [0, 0.05) is 29.2 Å². The highest BCUT2D eigenvalue weighted by atomic mass is 79.9. The molecule has 0 bridgehead atoms. The SMILES string of the molecule is OCCCCCCNCc1ccc(Br)c2cccnc12. The lowest BCUT2D eigenvalue weighted by molar-refractivity contribution is 0.282. The predicted octanol–water partition coefficient (Wildman–Crippen LogP) is 3.64. The molecule has 1 aromatic heterocycles. The first-order chi connectivity index (χ1) is 9.83. The Bertz CT molecular complexity index is 545. The number of aliphatic hydroxyl groups excluding tert-OH is 1. The van der Waals surface area contributed by atoms with Crippen LogP contribution in [-0.2, 0) is 6.54 Å². The second kappa shape index (κ2) is 8.35. The minimum atomic E-state index is 0.310. The summed E-state index contributed by atoms with van der Waals surface area (Å²) in [6.45, 7) is 2.17. The number of rotatable bonds is 8. The molecule has 3 nitrogen and oxygen atoms in total. The van der Waals surface area contributed by atoms with Crippen molar-refractivity contribution < 1.29 is 5.11 Å². The highest BCUT2D eigenvalue weighted by Crippen LogP contribution is 2.25. The van der Waals surface area contributed by atoms with Gasteiger partial charge in [-0.05, 0) is 37.1 Å². The average Bonchev–Trinajstić information content (AvgIpc) is 2.49. The van der Waals surface area contributed by atoms with Crippen LogP contribution in [0.1, 0.15) is 31.2 Å². The monoisotopic (exact) mass is 336 g/mol. The molecule has 0 saturated carbocycles. The fourth-order valence-corrected chi connectivity index (χ4v) is 2.73. The molecule has 108 valence electrons. The van der Waals surface area contributed by atoms with Gasteiger partial charge in [0.15, 0.2) is 0 Å². The van der Waals surface area contributed by atoms with Crippen molar-refractivity contribution in [3.05, 3.63) is 40.5 Å². The van der Waals surface area contributed by atoms with E-state index in [1.165, 1.54) is 12.0 Å². The minimum absolute atomic E-state index is 0.310. The lowest BCUT2D eigenvalue weighted by Gasteiger charge is -2.08. The van der Waals surface area contributed by atoms with E-state index >= 15 is 0 Å². The van der Waals surface area contributed by atoms with Crippen LogP contribution in [0.3, 0.4) is 0 Å². The molecule has 2 N–H and O–H groups in total. The van der Waals surface area contributed by atoms with Crippen molar-refractivity contribution in [3.63, 3.8) is 0 Å². The van der Waals surface area contributed by atoms with E-state index < -0.39 is 0 Å². The number of aliphatic hydroxyl groups is 1. The first kappa shape index (κ1) is 15.4. The van der Waals surface area contributed by atoms with Gasteiger partial charge in [-0.2, -0.15) is 0 Å². The predicted molar refractivity (Wildman–Crippen MR) is 86.7 cm³/mol. The number of fused-ring (bicyclic) bond motifs is 1. The van der Waals surface area contributed by atoms with E-state index in [2.05, 4.69) is 44.4 Å². The van der Waals surface area contributed by atoms with Crippen LogP contribution in [0.25, 0.3) is 10.9 Å². The van der Waals surface area contributed by atoms with Gasteiger partial charge in [0.25, 0.3) is 0 Å². The smallest absolute Gasteiger partial charge is 0.0758 e. The Morgan fingerprint density at radius 3 is 2.80 bits per heavy atom. The first-order valence-corrected chi connectivity index (χ1v) is 7.96. The van der Waals surface area contributed by atoms with Gasteiger partial charge in [0.2, 0.25) is 0 Å². The number of nitrogens with one attached hydrogen (secondary N) is 1. The Hall–Kier alpha value is -0.970. The molecule has 0 fully saturated rings. The molecule has 4 heteroatoms. The Morgan fingerprint density at radius 2 is 1.95 bits per heavy atom. The highest BCUT2D eigenvalue weighted by molar-refractivity contribution is 9.10. The first-order valence-electron chi connectivity index (χ1n) is 7.16. The van der Waals surface area contributed by atoms with Crippen molar-refractivity contribution in [2.45, 2.75) is 32.2 Å². The van der Waals surface area contributed by atoms with Crippen molar-refractivity contribution in [1.82, 2.24) is 10.3 Å². The van der Waals surface area contributed by atoms with Crippen molar-refractivity contribution in [3.8, 4) is 0 Å². The summed E-state index contributed by atoms with van der Waals surface area (Å²) in [6.07, 6.45) is 6.20. The molecular weight excluding hydrogens is 316 g/mol. The second-order valence-corrected chi connectivity index (χ2v) is 5.78. The summed E-state index contributed by atoms with van der Waals surface area (Å²) in [6, 6.07) is 8.26. The molecule has 0 aliphatic carbocycles. The summed E-state index contributed by atoms with van der Waals surface area (Å²) in [5.74, 6) is 0. The van der Waals surface area contributed by atoms with Gasteiger partial charge >= 0.3 is 0 Å². The zero-order valence-electron chi connectivity index (χ0n) is 11.6. The molecule has 1 heterocycles. The molecule has 0 saturated heterocycles. The number of aromatic nitrogens is 1. The Kier molecular flexibility index (Phi) is 6.43. The number of pyridine rings is 1. The molecule has 0 unspecified atom stereocenters. The Morgan fingerprint density at radius 1 is 1.10 bits per heavy atom. The minimum Gasteiger partial charge on any atom is -0.396 e. The lowest BCUT2D eigenvalue weighted by Crippen LogP contribution is -2.15. The summed E-state index contributed by atoms with van der Waals surface area (Å²) in [4.78, 5) is 4.48. The number of benzene rings is 1. The topological polar surface area (TPSA) is 45.1 Å². The molecule has 0 aliphatic heterocycles. The fourth-order valence-electron chi connectivity index (χ4n) is 2.28. The van der Waals surface area contributed by atoms with Gasteiger partial charge in [-0.3, -0.25) is 4.98 Å². The molecule has 20 heavy (non-hydrogen) atoms. The second-order valence-electron chi connectivity index (χ2n) is 4.92. The van der Waals surface area contributed by atoms with Gasteiger partial charge in [-0.15, -0.1) is 0 Å². The van der Waals surface area contributed by atoms with Crippen LogP contribution in [0.2, 0.25) is 0 Å². The van der Waals surface area contributed by atoms with E-state index in [-0.39, 0.29) is 0 Å². The van der Waals surface area contributed by atoms with Crippen molar-refractivity contribution in [1.29, 1.82) is 0 Å². The van der Waals surface area contributed by atoms with Gasteiger partial charge in [0.05, 0.1) is 5.52 Å². The van der Waals surface area contributed by atoms with Crippen LogP contribution in [0.15, 0.2) is 34.9 Å². The van der Waals surface area contributed by atoms with Crippen LogP contribution < -0.4 is 5.32 Å². The van der Waals surface area contributed by atoms with Crippen molar-refractivity contribution >= 4 is 26.8 Å². The van der Waals surface area contributed by atoms with E-state index in [0.29, 0.717) is 6.61 Å². The highest BCUT2D eigenvalue weighted by Gasteiger charge is 2.04. The maximum Gasteiger partial charge on any atom is 0.0758 e. The third kappa shape index (κ3) is 4.27. The van der Waals surface area contributed by atoms with Crippen LogP contribution in [0.4, 0.5) is 0 Å². The van der Waals surface area contributed by atoms with Crippen molar-refractivity contribution in [2.24, 2.45) is 0 Å². The average molecular weight is 337 g/mol. The maximum absolute atomic E-state index is 8.71. The molecule has 0 spiro atoms. The maximum atomic E-state index is 8.71. The van der Waals surface area contributed by atoms with E-state index in [1.54, 1.807) is 0 Å². The van der Waals surface area contributed by atoms with Gasteiger partial charge < -0.3 is 10.4 Å². The summed E-state index contributed by atoms with van der Waals surface area (Å²) < 4.78 is 1.09. The van der Waals surface area contributed by atoms with Gasteiger partial charge in [0.1, 0.15) is 0 Å². The Labute approximate surface area is 128 Å². The van der Waals surface area contributed by atoms with E-state index in [1.807, 2.05) is 12.3 Å². The molecule has 0 atom stereocenters. The number of unbranched alkanes of at least 4 members (excludes halogenated alkanes) is 3. The zero-order valence-corrected chi connectivity index (χ0v) is 13.2.